The van der Waals surface area contributed by atoms with Crippen molar-refractivity contribution >= 4 is 24.3 Å². The molecule has 0 aliphatic carbocycles. The van der Waals surface area contributed by atoms with Gasteiger partial charge in [0, 0.05) is 5.69 Å². The maximum atomic E-state index is 12.6. The first kappa shape index (κ1) is 23.9. The molecule has 1 fully saturated rings. The fourth-order valence-corrected chi connectivity index (χ4v) is 2.95. The van der Waals surface area contributed by atoms with Crippen LogP contribution in [0.3, 0.4) is 0 Å². The monoisotopic (exact) mass is 450 g/mol. The highest BCUT2D eigenvalue weighted by atomic mass is 19.4. The summed E-state index contributed by atoms with van der Waals surface area (Å²) in [7, 11) is -0.454. The number of alkyl halides is 3. The minimum absolute atomic E-state index is 0.214. The summed E-state index contributed by atoms with van der Waals surface area (Å²) in [5.41, 5.74) is -0.472. The van der Waals surface area contributed by atoms with Crippen molar-refractivity contribution in [3.05, 3.63) is 54.1 Å². The van der Waals surface area contributed by atoms with E-state index < -0.39 is 36.1 Å². The number of anilines is 1. The molecule has 32 heavy (non-hydrogen) atoms. The second-order valence-corrected chi connectivity index (χ2v) is 8.46. The standard InChI is InChI=1S/C22H26BF3N2O4/c1-20(2)21(3,4)32-23(31-20)16-7-11-18(12-8-16)30-14-13-27-19(29)28-17-9-5-15(6-10-17)22(24,25)26/h5-12H,13-14H2,1-4H3,(H2,27,28,29). The molecule has 1 saturated heterocycles. The number of nitrogens with one attached hydrogen (secondary N) is 2. The molecule has 1 aliphatic rings. The zero-order valence-electron chi connectivity index (χ0n) is 18.4. The van der Waals surface area contributed by atoms with Crippen LogP contribution < -0.4 is 20.8 Å². The highest BCUT2D eigenvalue weighted by Crippen LogP contribution is 2.36. The lowest BCUT2D eigenvalue weighted by atomic mass is 9.79. The molecule has 0 saturated carbocycles. The first-order chi connectivity index (χ1) is 14.9. The van der Waals surface area contributed by atoms with Gasteiger partial charge in [0.05, 0.1) is 23.3 Å². The van der Waals surface area contributed by atoms with Crippen molar-refractivity contribution in [2.24, 2.45) is 0 Å². The SMILES string of the molecule is CC1(C)OB(c2ccc(OCCNC(=O)Nc3ccc(C(F)(F)F)cc3)cc2)OC1(C)C. The van der Waals surface area contributed by atoms with Gasteiger partial charge in [0.1, 0.15) is 12.4 Å². The molecule has 0 aromatic heterocycles. The minimum Gasteiger partial charge on any atom is -0.492 e. The van der Waals surface area contributed by atoms with Gasteiger partial charge < -0.3 is 24.7 Å². The smallest absolute Gasteiger partial charge is 0.492 e. The Bertz CT molecular complexity index is 916. The molecule has 0 radical (unpaired) electrons. The maximum absolute atomic E-state index is 12.6. The maximum Gasteiger partial charge on any atom is 0.494 e. The Kier molecular flexibility index (Phi) is 6.76. The van der Waals surface area contributed by atoms with Gasteiger partial charge in [-0.05, 0) is 69.6 Å². The normalized spacial score (nSPS) is 17.2. The minimum atomic E-state index is -4.42. The molecular formula is C22H26BF3N2O4. The molecule has 172 valence electrons. The number of hydrogen-bond donors (Lipinski definition) is 2. The third-order valence-corrected chi connectivity index (χ3v) is 5.53. The molecule has 2 aromatic carbocycles. The Morgan fingerprint density at radius 2 is 1.53 bits per heavy atom. The molecule has 2 N–H and O–H groups in total. The van der Waals surface area contributed by atoms with E-state index in [4.69, 9.17) is 14.0 Å². The lowest BCUT2D eigenvalue weighted by molar-refractivity contribution is -0.137. The summed E-state index contributed by atoms with van der Waals surface area (Å²) in [6, 6.07) is 11.0. The summed E-state index contributed by atoms with van der Waals surface area (Å²) in [6.07, 6.45) is -4.42. The third-order valence-electron chi connectivity index (χ3n) is 5.53. The molecule has 2 amide bonds. The quantitative estimate of drug-likeness (QED) is 0.512. The van der Waals surface area contributed by atoms with Crippen LogP contribution in [0.4, 0.5) is 23.7 Å². The fourth-order valence-electron chi connectivity index (χ4n) is 2.95. The van der Waals surface area contributed by atoms with Gasteiger partial charge in [-0.25, -0.2) is 4.79 Å². The van der Waals surface area contributed by atoms with Crippen LogP contribution in [0.2, 0.25) is 0 Å². The molecular weight excluding hydrogens is 424 g/mol. The highest BCUT2D eigenvalue weighted by molar-refractivity contribution is 6.62. The first-order valence-electron chi connectivity index (χ1n) is 10.2. The van der Waals surface area contributed by atoms with Crippen molar-refractivity contribution in [2.75, 3.05) is 18.5 Å². The number of urea groups is 1. The molecule has 0 atom stereocenters. The first-order valence-corrected chi connectivity index (χ1v) is 10.2. The average Bonchev–Trinajstić information content (AvgIpc) is 2.92. The van der Waals surface area contributed by atoms with Crippen molar-refractivity contribution in [3.8, 4) is 5.75 Å². The van der Waals surface area contributed by atoms with E-state index in [1.165, 1.54) is 12.1 Å². The molecule has 3 rings (SSSR count). The van der Waals surface area contributed by atoms with Crippen LogP contribution in [0.25, 0.3) is 0 Å². The van der Waals surface area contributed by atoms with Crippen LogP contribution in [0.5, 0.6) is 5.75 Å². The summed E-state index contributed by atoms with van der Waals surface area (Å²) in [5, 5.41) is 5.05. The predicted octanol–water partition coefficient (Wildman–Crippen LogP) is 4.21. The van der Waals surface area contributed by atoms with E-state index in [-0.39, 0.29) is 18.8 Å². The molecule has 0 spiro atoms. The second kappa shape index (κ2) is 9.03. The summed E-state index contributed by atoms with van der Waals surface area (Å²) in [5.74, 6) is 0.621. The summed E-state index contributed by atoms with van der Waals surface area (Å²) in [4.78, 5) is 11.9. The zero-order valence-corrected chi connectivity index (χ0v) is 18.4. The Balaban J connectivity index is 1.41. The Morgan fingerprint density at radius 1 is 0.969 bits per heavy atom. The van der Waals surface area contributed by atoms with Crippen molar-refractivity contribution in [1.29, 1.82) is 0 Å². The van der Waals surface area contributed by atoms with Gasteiger partial charge in [-0.2, -0.15) is 13.2 Å². The van der Waals surface area contributed by atoms with Gasteiger partial charge in [-0.15, -0.1) is 0 Å². The van der Waals surface area contributed by atoms with E-state index in [9.17, 15) is 18.0 Å². The van der Waals surface area contributed by atoms with E-state index in [2.05, 4.69) is 10.6 Å². The van der Waals surface area contributed by atoms with Gasteiger partial charge >= 0.3 is 19.3 Å². The van der Waals surface area contributed by atoms with Crippen LogP contribution in [-0.2, 0) is 15.5 Å². The van der Waals surface area contributed by atoms with Gasteiger partial charge in [0.15, 0.2) is 0 Å². The van der Waals surface area contributed by atoms with E-state index >= 15 is 0 Å². The molecule has 6 nitrogen and oxygen atoms in total. The number of carbonyl (C=O) groups excluding carboxylic acids is 1. The van der Waals surface area contributed by atoms with E-state index in [0.29, 0.717) is 5.75 Å². The fraction of sp³-hybridized carbons (Fsp3) is 0.409. The third kappa shape index (κ3) is 5.74. The number of hydrogen-bond acceptors (Lipinski definition) is 4. The summed E-state index contributed by atoms with van der Waals surface area (Å²) < 4.78 is 55.3. The van der Waals surface area contributed by atoms with Crippen molar-refractivity contribution < 1.29 is 32.0 Å². The topological polar surface area (TPSA) is 68.8 Å². The number of rotatable bonds is 6. The second-order valence-electron chi connectivity index (χ2n) is 8.46. The van der Waals surface area contributed by atoms with E-state index in [1.54, 1.807) is 12.1 Å². The Labute approximate surface area is 185 Å². The number of ether oxygens (including phenoxy) is 1. The number of halogens is 3. The van der Waals surface area contributed by atoms with Crippen LogP contribution >= 0.6 is 0 Å². The summed E-state index contributed by atoms with van der Waals surface area (Å²) in [6.45, 7) is 8.40. The van der Waals surface area contributed by atoms with Gasteiger partial charge in [0.2, 0.25) is 0 Å². The Hall–Kier alpha value is -2.72. The van der Waals surface area contributed by atoms with Gasteiger partial charge in [-0.3, -0.25) is 0 Å². The lowest BCUT2D eigenvalue weighted by Gasteiger charge is -2.32. The predicted molar refractivity (Wildman–Crippen MR) is 116 cm³/mol. The number of amides is 2. The van der Waals surface area contributed by atoms with Crippen molar-refractivity contribution in [2.45, 2.75) is 45.1 Å². The molecule has 10 heteroatoms. The average molecular weight is 450 g/mol. The van der Waals surface area contributed by atoms with Crippen LogP contribution in [0, 0.1) is 0 Å². The number of benzene rings is 2. The van der Waals surface area contributed by atoms with E-state index in [0.717, 1.165) is 17.6 Å². The number of carbonyl (C=O) groups is 1. The summed E-state index contributed by atoms with van der Waals surface area (Å²) >= 11 is 0. The molecule has 0 unspecified atom stereocenters. The van der Waals surface area contributed by atoms with Crippen molar-refractivity contribution in [3.63, 3.8) is 0 Å². The van der Waals surface area contributed by atoms with E-state index in [1.807, 2.05) is 39.8 Å². The molecule has 2 aromatic rings. The zero-order chi connectivity index (χ0) is 23.6. The molecule has 1 aliphatic heterocycles. The lowest BCUT2D eigenvalue weighted by Crippen LogP contribution is -2.41. The highest BCUT2D eigenvalue weighted by Gasteiger charge is 2.51. The van der Waals surface area contributed by atoms with Crippen LogP contribution in [-0.4, -0.2) is 37.5 Å². The van der Waals surface area contributed by atoms with Gasteiger partial charge in [-0.1, -0.05) is 12.1 Å². The molecule has 0 bridgehead atoms. The van der Waals surface area contributed by atoms with Crippen molar-refractivity contribution in [1.82, 2.24) is 5.32 Å². The molecule has 1 heterocycles. The largest absolute Gasteiger partial charge is 0.494 e. The van der Waals surface area contributed by atoms with Gasteiger partial charge in [0.25, 0.3) is 0 Å². The van der Waals surface area contributed by atoms with Crippen LogP contribution in [0.15, 0.2) is 48.5 Å². The Morgan fingerprint density at radius 3 is 2.06 bits per heavy atom. The van der Waals surface area contributed by atoms with Crippen LogP contribution in [0.1, 0.15) is 33.3 Å².